The van der Waals surface area contributed by atoms with Gasteiger partial charge in [-0.2, -0.15) is 0 Å². The van der Waals surface area contributed by atoms with Gasteiger partial charge in [0.15, 0.2) is 0 Å². The Bertz CT molecular complexity index is 745. The van der Waals surface area contributed by atoms with Gasteiger partial charge in [0, 0.05) is 5.56 Å². The highest BCUT2D eigenvalue weighted by atomic mass is 16.5. The lowest BCUT2D eigenvalue weighted by atomic mass is 9.98. The fourth-order valence-electron chi connectivity index (χ4n) is 5.64. The molecule has 2 aliphatic rings. The van der Waals surface area contributed by atoms with Crippen LogP contribution < -0.4 is 0 Å². The molecule has 0 unspecified atom stereocenters. The van der Waals surface area contributed by atoms with E-state index in [9.17, 15) is 0 Å². The van der Waals surface area contributed by atoms with Gasteiger partial charge in [-0.1, -0.05) is 108 Å². The fraction of sp³-hybridized carbons (Fsp3) is 0.727. The lowest BCUT2D eigenvalue weighted by molar-refractivity contribution is 0.226. The molecule has 1 aromatic carbocycles. The molecule has 0 bridgehead atoms. The van der Waals surface area contributed by atoms with Gasteiger partial charge in [0.05, 0.1) is 6.54 Å². The summed E-state index contributed by atoms with van der Waals surface area (Å²) in [6.45, 7) is 7.70. The third-order valence-corrected chi connectivity index (χ3v) is 7.89. The van der Waals surface area contributed by atoms with E-state index in [1.54, 1.807) is 5.57 Å². The number of unbranched alkanes of at least 4 members (excludes halogenated alkanes) is 11. The third kappa shape index (κ3) is 12.1. The number of nitrogens with zero attached hydrogens (tertiary/aromatic N) is 2. The van der Waals surface area contributed by atoms with Gasteiger partial charge in [-0.3, -0.25) is 0 Å². The van der Waals surface area contributed by atoms with Crippen LogP contribution in [0.2, 0.25) is 0 Å². The Morgan fingerprint density at radius 1 is 0.778 bits per heavy atom. The average molecular weight is 495 g/mol. The van der Waals surface area contributed by atoms with E-state index in [0.29, 0.717) is 0 Å². The smallest absolute Gasteiger partial charge is 0.216 e. The van der Waals surface area contributed by atoms with Crippen molar-refractivity contribution in [3.63, 3.8) is 0 Å². The van der Waals surface area contributed by atoms with Crippen LogP contribution in [-0.4, -0.2) is 43.6 Å². The van der Waals surface area contributed by atoms with E-state index in [1.165, 1.54) is 141 Å². The summed E-state index contributed by atoms with van der Waals surface area (Å²) in [5.41, 5.74) is 4.07. The Labute approximate surface area is 222 Å². The van der Waals surface area contributed by atoms with Gasteiger partial charge in [-0.05, 0) is 75.9 Å². The minimum absolute atomic E-state index is 0.719. The molecule has 1 fully saturated rings. The first-order chi connectivity index (χ1) is 17.8. The van der Waals surface area contributed by atoms with Crippen molar-refractivity contribution < 1.29 is 4.74 Å². The number of aliphatic imine (C=N–C) groups is 1. The molecule has 0 radical (unpaired) electrons. The zero-order valence-corrected chi connectivity index (χ0v) is 23.5. The van der Waals surface area contributed by atoms with Crippen molar-refractivity contribution in [2.45, 2.75) is 122 Å². The normalized spacial score (nSPS) is 16.8. The molecule has 0 aromatic heterocycles. The molecule has 0 N–H and O–H groups in total. The highest BCUT2D eigenvalue weighted by Crippen LogP contribution is 2.21. The van der Waals surface area contributed by atoms with Crippen molar-refractivity contribution in [2.75, 3.05) is 32.8 Å². The second-order valence-electron chi connectivity index (χ2n) is 11.1. The number of likely N-dealkylation sites (tertiary alicyclic amines) is 1. The molecule has 0 atom stereocenters. The average Bonchev–Trinajstić information content (AvgIpc) is 3.45. The van der Waals surface area contributed by atoms with E-state index in [0.717, 1.165) is 24.6 Å². The first-order valence-corrected chi connectivity index (χ1v) is 15.5. The van der Waals surface area contributed by atoms with Gasteiger partial charge < -0.3 is 9.64 Å². The van der Waals surface area contributed by atoms with E-state index in [1.807, 2.05) is 0 Å². The van der Waals surface area contributed by atoms with Crippen molar-refractivity contribution in [2.24, 2.45) is 4.99 Å². The predicted octanol–water partition coefficient (Wildman–Crippen LogP) is 9.20. The fourth-order valence-corrected chi connectivity index (χ4v) is 5.64. The van der Waals surface area contributed by atoms with Crippen LogP contribution in [0.15, 0.2) is 34.8 Å². The number of ether oxygens (including phenoxy) is 1. The van der Waals surface area contributed by atoms with Crippen molar-refractivity contribution in [1.29, 1.82) is 0 Å². The van der Waals surface area contributed by atoms with Gasteiger partial charge in [-0.15, -0.1) is 0 Å². The Morgan fingerprint density at radius 3 is 2.00 bits per heavy atom. The molecule has 36 heavy (non-hydrogen) atoms. The second kappa shape index (κ2) is 18.6. The minimum atomic E-state index is 0.719. The summed E-state index contributed by atoms with van der Waals surface area (Å²) in [7, 11) is 0. The summed E-state index contributed by atoms with van der Waals surface area (Å²) < 4.78 is 5.63. The van der Waals surface area contributed by atoms with Crippen LogP contribution in [0, 0.1) is 0 Å². The number of hydrogen-bond donors (Lipinski definition) is 0. The maximum atomic E-state index is 5.63. The quantitative estimate of drug-likeness (QED) is 0.179. The molecule has 1 saturated heterocycles. The van der Waals surface area contributed by atoms with Crippen LogP contribution in [0.3, 0.4) is 0 Å². The van der Waals surface area contributed by atoms with Crippen LogP contribution in [-0.2, 0) is 4.74 Å². The van der Waals surface area contributed by atoms with E-state index in [-0.39, 0.29) is 0 Å². The lowest BCUT2D eigenvalue weighted by Crippen LogP contribution is -2.30. The molecule has 0 amide bonds. The van der Waals surface area contributed by atoms with E-state index >= 15 is 0 Å². The molecule has 3 heteroatoms. The summed E-state index contributed by atoms with van der Waals surface area (Å²) >= 11 is 0. The predicted molar refractivity (Wildman–Crippen MR) is 157 cm³/mol. The minimum Gasteiger partial charge on any atom is -0.476 e. The Hall–Kier alpha value is -1.61. The number of hydrogen-bond acceptors (Lipinski definition) is 3. The van der Waals surface area contributed by atoms with Crippen LogP contribution in [0.4, 0.5) is 0 Å². The summed E-state index contributed by atoms with van der Waals surface area (Å²) in [4.78, 5) is 7.13. The topological polar surface area (TPSA) is 24.8 Å². The highest BCUT2D eigenvalue weighted by Gasteiger charge is 2.11. The van der Waals surface area contributed by atoms with E-state index in [2.05, 4.69) is 47.2 Å². The monoisotopic (exact) mass is 494 g/mol. The standard InChI is InChI=1S/C33H54N2O/c1-2-3-4-5-6-7-8-9-10-11-12-14-18-30(19-17-27-35-25-15-13-16-26-35)29-31-20-22-32(23-21-31)33-34-24-28-36-33/h20-23,29H,2-19,24-28H2,1H3. The van der Waals surface area contributed by atoms with Gasteiger partial charge in [0.25, 0.3) is 0 Å². The third-order valence-electron chi connectivity index (χ3n) is 7.89. The largest absolute Gasteiger partial charge is 0.476 e. The molecule has 2 heterocycles. The molecule has 0 spiro atoms. The lowest BCUT2D eigenvalue weighted by Gasteiger charge is -2.26. The van der Waals surface area contributed by atoms with Gasteiger partial charge in [0.2, 0.25) is 5.90 Å². The number of piperidine rings is 1. The molecule has 0 saturated carbocycles. The van der Waals surface area contributed by atoms with Crippen LogP contribution in [0.1, 0.15) is 134 Å². The molecule has 1 aromatic rings. The Balaban J connectivity index is 1.37. The molecule has 0 aliphatic carbocycles. The SMILES string of the molecule is CCCCCCCCCCCCCCC(=Cc1ccc(C2=NCCO2)cc1)CCCN1CCCCC1. The van der Waals surface area contributed by atoms with Gasteiger partial charge in [-0.25, -0.2) is 4.99 Å². The number of benzene rings is 1. The first kappa shape index (κ1) is 29.0. The zero-order valence-electron chi connectivity index (χ0n) is 23.5. The van der Waals surface area contributed by atoms with E-state index in [4.69, 9.17) is 4.74 Å². The zero-order chi connectivity index (χ0) is 25.1. The van der Waals surface area contributed by atoms with Crippen molar-refractivity contribution in [3.05, 3.63) is 41.0 Å². The van der Waals surface area contributed by atoms with E-state index < -0.39 is 0 Å². The first-order valence-electron chi connectivity index (χ1n) is 15.5. The second-order valence-corrected chi connectivity index (χ2v) is 11.1. The molecule has 2 aliphatic heterocycles. The van der Waals surface area contributed by atoms with Crippen LogP contribution >= 0.6 is 0 Å². The Morgan fingerprint density at radius 2 is 1.39 bits per heavy atom. The molecule has 3 rings (SSSR count). The molecular formula is C33H54N2O. The summed E-state index contributed by atoms with van der Waals surface area (Å²) in [6, 6.07) is 8.83. The van der Waals surface area contributed by atoms with Crippen LogP contribution in [0.5, 0.6) is 0 Å². The summed E-state index contributed by atoms with van der Waals surface area (Å²) in [5.74, 6) is 0.809. The van der Waals surface area contributed by atoms with Gasteiger partial charge in [0.1, 0.15) is 6.61 Å². The maximum absolute atomic E-state index is 5.63. The van der Waals surface area contributed by atoms with Gasteiger partial charge >= 0.3 is 0 Å². The molecular weight excluding hydrogens is 440 g/mol. The molecule has 202 valence electrons. The molecule has 3 nitrogen and oxygen atoms in total. The summed E-state index contributed by atoms with van der Waals surface area (Å²) in [6.07, 6.45) is 27.5. The maximum Gasteiger partial charge on any atom is 0.216 e. The van der Waals surface area contributed by atoms with Crippen molar-refractivity contribution in [3.8, 4) is 0 Å². The highest BCUT2D eigenvalue weighted by molar-refractivity contribution is 5.95. The van der Waals surface area contributed by atoms with Crippen molar-refractivity contribution in [1.82, 2.24) is 4.90 Å². The van der Waals surface area contributed by atoms with Crippen molar-refractivity contribution >= 4 is 12.0 Å². The Kier molecular flexibility index (Phi) is 15.0. The number of rotatable bonds is 19. The van der Waals surface area contributed by atoms with Crippen LogP contribution in [0.25, 0.3) is 6.08 Å². The number of allylic oxidation sites excluding steroid dienone is 1. The summed E-state index contributed by atoms with van der Waals surface area (Å²) in [5, 5.41) is 0.